The summed E-state index contributed by atoms with van der Waals surface area (Å²) < 4.78 is 0. The highest BCUT2D eigenvalue weighted by atomic mass is 35.5. The zero-order valence-electron chi connectivity index (χ0n) is 11.0. The van der Waals surface area contributed by atoms with Crippen LogP contribution in [-0.4, -0.2) is 20.8 Å². The first-order chi connectivity index (χ1) is 9.63. The molecule has 0 radical (unpaired) electrons. The molecule has 0 spiro atoms. The Balaban J connectivity index is 2.37. The van der Waals surface area contributed by atoms with Gasteiger partial charge in [-0.15, -0.1) is 0 Å². The van der Waals surface area contributed by atoms with Crippen molar-refractivity contribution in [3.8, 4) is 17.0 Å². The maximum atomic E-state index is 12.1. The number of aromatic hydroxyl groups is 1. The van der Waals surface area contributed by atoms with Gasteiger partial charge >= 0.3 is 0 Å². The van der Waals surface area contributed by atoms with Gasteiger partial charge in [-0.1, -0.05) is 36.7 Å². The molecular weight excluding hydrogens is 296 g/mol. The van der Waals surface area contributed by atoms with Crippen LogP contribution in [-0.2, 0) is 5.75 Å². The lowest BCUT2D eigenvalue weighted by atomic mass is 10.1. The van der Waals surface area contributed by atoms with Crippen LogP contribution in [0.2, 0.25) is 5.02 Å². The maximum Gasteiger partial charge on any atom is 0.262 e. The number of rotatable bonds is 5. The van der Waals surface area contributed by atoms with Gasteiger partial charge in [0.25, 0.3) is 5.56 Å². The van der Waals surface area contributed by atoms with Crippen molar-refractivity contribution in [3.05, 3.63) is 45.5 Å². The molecule has 1 heterocycles. The number of nitrogens with zero attached hydrogens (tertiary/aromatic N) is 1. The van der Waals surface area contributed by atoms with Gasteiger partial charge in [0.1, 0.15) is 11.4 Å². The number of benzene rings is 1. The Bertz CT molecular complexity index is 658. The molecule has 6 heteroatoms. The van der Waals surface area contributed by atoms with Gasteiger partial charge in [-0.05, 0) is 18.2 Å². The summed E-state index contributed by atoms with van der Waals surface area (Å²) in [6, 6.07) is 6.87. The van der Waals surface area contributed by atoms with Crippen LogP contribution < -0.4 is 5.56 Å². The number of nitrogens with one attached hydrogen (secondary N) is 1. The molecule has 2 aromatic rings. The molecule has 1 aromatic carbocycles. The molecule has 0 aliphatic heterocycles. The minimum atomic E-state index is -0.377. The van der Waals surface area contributed by atoms with Crippen molar-refractivity contribution in [3.63, 3.8) is 0 Å². The quantitative estimate of drug-likeness (QED) is 0.830. The fraction of sp³-hybridized carbons (Fsp3) is 0.286. The first kappa shape index (κ1) is 14.9. The summed E-state index contributed by atoms with van der Waals surface area (Å²) in [5.41, 5.74) is 0.214. The number of H-pyrrole nitrogens is 1. The summed E-state index contributed by atoms with van der Waals surface area (Å²) in [7, 11) is 0. The molecule has 0 aliphatic carbocycles. The third kappa shape index (κ3) is 3.35. The summed E-state index contributed by atoms with van der Waals surface area (Å²) >= 11 is 7.71. The molecule has 4 nitrogen and oxygen atoms in total. The Morgan fingerprint density at radius 2 is 2.15 bits per heavy atom. The van der Waals surface area contributed by atoms with Crippen molar-refractivity contribution >= 4 is 23.4 Å². The van der Waals surface area contributed by atoms with E-state index >= 15 is 0 Å². The van der Waals surface area contributed by atoms with Crippen molar-refractivity contribution in [1.29, 1.82) is 0 Å². The molecule has 20 heavy (non-hydrogen) atoms. The topological polar surface area (TPSA) is 66.0 Å². The van der Waals surface area contributed by atoms with Gasteiger partial charge in [-0.25, -0.2) is 0 Å². The largest absolute Gasteiger partial charge is 0.493 e. The van der Waals surface area contributed by atoms with Crippen LogP contribution in [0.1, 0.15) is 19.2 Å². The van der Waals surface area contributed by atoms with E-state index in [1.54, 1.807) is 36.0 Å². The first-order valence-electron chi connectivity index (χ1n) is 6.28. The van der Waals surface area contributed by atoms with E-state index in [0.717, 1.165) is 12.2 Å². The lowest BCUT2D eigenvalue weighted by Gasteiger charge is -2.07. The minimum Gasteiger partial charge on any atom is -0.493 e. The van der Waals surface area contributed by atoms with E-state index in [-0.39, 0.29) is 17.0 Å². The van der Waals surface area contributed by atoms with Gasteiger partial charge in [-0.3, -0.25) is 4.79 Å². The minimum absolute atomic E-state index is 0.111. The SMILES string of the molecule is CCCSCc1nc(O)c(-c2ccccc2Cl)c(=O)[nH]1. The van der Waals surface area contributed by atoms with Gasteiger partial charge in [0, 0.05) is 10.6 Å². The smallest absolute Gasteiger partial charge is 0.262 e. The average molecular weight is 311 g/mol. The lowest BCUT2D eigenvalue weighted by Crippen LogP contribution is -2.13. The number of thioether (sulfide) groups is 1. The van der Waals surface area contributed by atoms with Crippen LogP contribution in [0.3, 0.4) is 0 Å². The second kappa shape index (κ2) is 6.81. The van der Waals surface area contributed by atoms with Crippen molar-refractivity contribution in [2.24, 2.45) is 0 Å². The number of hydrogen-bond acceptors (Lipinski definition) is 4. The Morgan fingerprint density at radius 3 is 2.80 bits per heavy atom. The molecule has 0 bridgehead atoms. The highest BCUT2D eigenvalue weighted by Crippen LogP contribution is 2.30. The molecule has 0 saturated carbocycles. The molecule has 0 atom stereocenters. The third-order valence-corrected chi connectivity index (χ3v) is 4.18. The van der Waals surface area contributed by atoms with E-state index in [0.29, 0.717) is 22.2 Å². The molecule has 2 rings (SSSR count). The predicted octanol–water partition coefficient (Wildman–Crippen LogP) is 3.44. The molecule has 0 fully saturated rings. The summed E-state index contributed by atoms with van der Waals surface area (Å²) in [5.74, 6) is 1.74. The predicted molar refractivity (Wildman–Crippen MR) is 83.4 cm³/mol. The maximum absolute atomic E-state index is 12.1. The third-order valence-electron chi connectivity index (χ3n) is 2.68. The van der Waals surface area contributed by atoms with Crippen LogP contribution in [0.5, 0.6) is 5.88 Å². The van der Waals surface area contributed by atoms with Crippen molar-refractivity contribution in [1.82, 2.24) is 9.97 Å². The fourth-order valence-corrected chi connectivity index (χ4v) is 2.79. The number of hydrogen-bond donors (Lipinski definition) is 2. The second-order valence-corrected chi connectivity index (χ2v) is 5.76. The monoisotopic (exact) mass is 310 g/mol. The Labute approximate surface area is 126 Å². The molecule has 1 aromatic heterocycles. The molecule has 0 saturated heterocycles. The zero-order valence-corrected chi connectivity index (χ0v) is 12.6. The van der Waals surface area contributed by atoms with Gasteiger partial charge in [0.2, 0.25) is 5.88 Å². The van der Waals surface area contributed by atoms with E-state index in [1.165, 1.54) is 0 Å². The van der Waals surface area contributed by atoms with E-state index < -0.39 is 0 Å². The summed E-state index contributed by atoms with van der Waals surface area (Å²) in [4.78, 5) is 18.9. The van der Waals surface area contributed by atoms with Gasteiger partial charge in [-0.2, -0.15) is 16.7 Å². The van der Waals surface area contributed by atoms with E-state index in [1.807, 2.05) is 0 Å². The molecule has 0 amide bonds. The van der Waals surface area contributed by atoms with Crippen molar-refractivity contribution < 1.29 is 5.11 Å². The summed E-state index contributed by atoms with van der Waals surface area (Å²) in [5, 5.41) is 10.4. The average Bonchev–Trinajstić information content (AvgIpc) is 2.40. The summed E-state index contributed by atoms with van der Waals surface area (Å²) in [6.07, 6.45) is 1.05. The molecule has 106 valence electrons. The highest BCUT2D eigenvalue weighted by molar-refractivity contribution is 7.98. The molecule has 0 aliphatic rings. The van der Waals surface area contributed by atoms with Gasteiger partial charge < -0.3 is 10.1 Å². The second-order valence-electron chi connectivity index (χ2n) is 4.24. The number of aromatic amines is 1. The zero-order chi connectivity index (χ0) is 14.5. The van der Waals surface area contributed by atoms with Crippen LogP contribution >= 0.6 is 23.4 Å². The van der Waals surface area contributed by atoms with Crippen molar-refractivity contribution in [2.75, 3.05) is 5.75 Å². The van der Waals surface area contributed by atoms with Crippen LogP contribution in [0, 0.1) is 0 Å². The van der Waals surface area contributed by atoms with E-state index in [2.05, 4.69) is 16.9 Å². The number of aromatic nitrogens is 2. The Kier molecular flexibility index (Phi) is 5.09. The lowest BCUT2D eigenvalue weighted by molar-refractivity contribution is 0.451. The van der Waals surface area contributed by atoms with E-state index in [4.69, 9.17) is 11.6 Å². The molecule has 0 unspecified atom stereocenters. The number of halogens is 1. The van der Waals surface area contributed by atoms with Crippen LogP contribution in [0.4, 0.5) is 0 Å². The van der Waals surface area contributed by atoms with Gasteiger partial charge in [0.15, 0.2) is 0 Å². The molecular formula is C14H15ClN2O2S. The molecule has 2 N–H and O–H groups in total. The Morgan fingerprint density at radius 1 is 1.40 bits per heavy atom. The first-order valence-corrected chi connectivity index (χ1v) is 7.81. The van der Waals surface area contributed by atoms with Crippen molar-refractivity contribution in [2.45, 2.75) is 19.1 Å². The van der Waals surface area contributed by atoms with E-state index in [9.17, 15) is 9.90 Å². The Hall–Kier alpha value is -1.46. The van der Waals surface area contributed by atoms with Gasteiger partial charge in [0.05, 0.1) is 5.75 Å². The fourth-order valence-electron chi connectivity index (χ4n) is 1.80. The van der Waals surface area contributed by atoms with Crippen LogP contribution in [0.25, 0.3) is 11.1 Å². The highest BCUT2D eigenvalue weighted by Gasteiger charge is 2.15. The van der Waals surface area contributed by atoms with Crippen LogP contribution in [0.15, 0.2) is 29.1 Å². The normalized spacial score (nSPS) is 10.7. The summed E-state index contributed by atoms with van der Waals surface area (Å²) in [6.45, 7) is 2.08. The standard InChI is InChI=1S/C14H15ClN2O2S/c1-2-7-20-8-11-16-13(18)12(14(19)17-11)9-5-3-4-6-10(9)15/h3-6H,2,7-8H2,1H3,(H2,16,17,18,19).